The minimum atomic E-state index is -0.889. The van der Waals surface area contributed by atoms with Gasteiger partial charge in [-0.05, 0) is 44.4 Å². The van der Waals surface area contributed by atoms with Gasteiger partial charge in [-0.2, -0.15) is 9.61 Å². The molecule has 0 radical (unpaired) electrons. The smallest absolute Gasteiger partial charge is 0.240 e. The van der Waals surface area contributed by atoms with Crippen LogP contribution in [0.15, 0.2) is 42.6 Å². The molecule has 0 bridgehead atoms. The first-order valence-electron chi connectivity index (χ1n) is 9.33. The zero-order chi connectivity index (χ0) is 19.9. The quantitative estimate of drug-likeness (QED) is 0.626. The van der Waals surface area contributed by atoms with Gasteiger partial charge in [0.05, 0.1) is 11.8 Å². The highest BCUT2D eigenvalue weighted by Gasteiger charge is 2.31. The fourth-order valence-electron chi connectivity index (χ4n) is 3.61. The molecule has 2 aromatic heterocycles. The van der Waals surface area contributed by atoms with Crippen molar-refractivity contribution >= 4 is 28.9 Å². The molecule has 0 saturated carbocycles. The Morgan fingerprint density at radius 2 is 2.04 bits per heavy atom. The molecule has 4 N–H and O–H groups in total. The first kappa shape index (κ1) is 18.2. The van der Waals surface area contributed by atoms with Crippen molar-refractivity contribution < 1.29 is 9.90 Å². The molecule has 146 valence electrons. The lowest BCUT2D eigenvalue weighted by Crippen LogP contribution is -2.41. The van der Waals surface area contributed by atoms with Crippen LogP contribution in [0.25, 0.3) is 5.65 Å². The number of rotatable bonds is 5. The second-order valence-corrected chi connectivity index (χ2v) is 7.62. The number of hydrogen-bond acceptors (Lipinski definition) is 6. The Bertz CT molecular complexity index is 1010. The van der Waals surface area contributed by atoms with Gasteiger partial charge in [-0.25, -0.2) is 4.98 Å². The zero-order valence-electron chi connectivity index (χ0n) is 16.0. The largest absolute Gasteiger partial charge is 0.386 e. The fraction of sp³-hybridized carbons (Fsp3) is 0.350. The average molecular weight is 380 g/mol. The number of anilines is 3. The highest BCUT2D eigenvalue weighted by atomic mass is 16.3. The van der Waals surface area contributed by atoms with Crippen molar-refractivity contribution in [1.82, 2.24) is 14.6 Å². The Morgan fingerprint density at radius 1 is 1.29 bits per heavy atom. The Kier molecular flexibility index (Phi) is 4.43. The first-order chi connectivity index (χ1) is 13.3. The van der Waals surface area contributed by atoms with Crippen LogP contribution in [-0.2, 0) is 10.4 Å². The Labute approximate surface area is 163 Å². The summed E-state index contributed by atoms with van der Waals surface area (Å²) in [5.74, 6) is 1.10. The fourth-order valence-corrected chi connectivity index (χ4v) is 3.61. The predicted octanol–water partition coefficient (Wildman–Crippen LogP) is 2.15. The molecule has 1 aromatic carbocycles. The van der Waals surface area contributed by atoms with Crippen molar-refractivity contribution in [3.63, 3.8) is 0 Å². The first-order valence-corrected chi connectivity index (χ1v) is 9.33. The summed E-state index contributed by atoms with van der Waals surface area (Å²) < 4.78 is 1.73. The number of benzene rings is 1. The third-order valence-corrected chi connectivity index (χ3v) is 5.08. The van der Waals surface area contributed by atoms with E-state index in [2.05, 4.69) is 15.4 Å². The van der Waals surface area contributed by atoms with Crippen LogP contribution in [0.1, 0.15) is 32.3 Å². The highest BCUT2D eigenvalue weighted by Crippen LogP contribution is 2.29. The van der Waals surface area contributed by atoms with Crippen LogP contribution >= 0.6 is 0 Å². The Balaban J connectivity index is 1.68. The van der Waals surface area contributed by atoms with Crippen molar-refractivity contribution in [3.05, 3.63) is 48.2 Å². The molecule has 1 saturated heterocycles. The van der Waals surface area contributed by atoms with E-state index < -0.39 is 5.60 Å². The number of amides is 1. The van der Waals surface area contributed by atoms with E-state index in [4.69, 9.17) is 5.73 Å². The van der Waals surface area contributed by atoms with E-state index in [-0.39, 0.29) is 11.9 Å². The predicted molar refractivity (Wildman–Crippen MR) is 108 cm³/mol. The molecule has 0 spiro atoms. The van der Waals surface area contributed by atoms with E-state index in [0.717, 1.165) is 36.5 Å². The van der Waals surface area contributed by atoms with Crippen molar-refractivity contribution in [3.8, 4) is 0 Å². The summed E-state index contributed by atoms with van der Waals surface area (Å²) in [4.78, 5) is 18.4. The van der Waals surface area contributed by atoms with E-state index in [1.807, 2.05) is 41.3 Å². The lowest BCUT2D eigenvalue weighted by atomic mass is 9.98. The monoisotopic (exact) mass is 380 g/mol. The normalized spacial score (nSPS) is 17.2. The van der Waals surface area contributed by atoms with Crippen molar-refractivity contribution in [1.29, 1.82) is 0 Å². The molecule has 0 unspecified atom stereocenters. The molecule has 4 rings (SSSR count). The van der Waals surface area contributed by atoms with Crippen molar-refractivity contribution in [2.75, 3.05) is 16.8 Å². The molecule has 1 aliphatic heterocycles. The number of nitrogens with zero attached hydrogens (tertiary/aromatic N) is 4. The molecule has 3 aromatic rings. The molecule has 8 heteroatoms. The molecule has 1 fully saturated rings. The van der Waals surface area contributed by atoms with Crippen LogP contribution in [0.4, 0.5) is 17.3 Å². The summed E-state index contributed by atoms with van der Waals surface area (Å²) in [6.45, 7) is 4.25. The molecule has 1 amide bonds. The summed E-state index contributed by atoms with van der Waals surface area (Å²) >= 11 is 0. The molecule has 28 heavy (non-hydrogen) atoms. The van der Waals surface area contributed by atoms with Crippen molar-refractivity contribution in [2.45, 2.75) is 38.3 Å². The maximum absolute atomic E-state index is 11.8. The van der Waals surface area contributed by atoms with E-state index in [0.29, 0.717) is 11.5 Å². The number of aromatic nitrogens is 3. The Hall–Kier alpha value is -3.13. The van der Waals surface area contributed by atoms with Crippen LogP contribution in [0.3, 0.4) is 0 Å². The van der Waals surface area contributed by atoms with E-state index in [9.17, 15) is 9.90 Å². The number of hydrogen-bond donors (Lipinski definition) is 3. The van der Waals surface area contributed by atoms with Gasteiger partial charge in [0.2, 0.25) is 5.91 Å². The van der Waals surface area contributed by atoms with Crippen LogP contribution < -0.4 is 16.0 Å². The zero-order valence-corrected chi connectivity index (χ0v) is 16.0. The van der Waals surface area contributed by atoms with E-state index >= 15 is 0 Å². The van der Waals surface area contributed by atoms with Gasteiger partial charge >= 0.3 is 0 Å². The van der Waals surface area contributed by atoms with Gasteiger partial charge in [-0.1, -0.05) is 12.1 Å². The molecule has 1 aliphatic rings. The summed E-state index contributed by atoms with van der Waals surface area (Å²) in [5, 5.41) is 17.8. The highest BCUT2D eigenvalue weighted by molar-refractivity contribution is 5.84. The molecule has 0 aliphatic carbocycles. The second kappa shape index (κ2) is 6.79. The van der Waals surface area contributed by atoms with Gasteiger partial charge in [0.1, 0.15) is 17.7 Å². The number of primary amides is 1. The van der Waals surface area contributed by atoms with Gasteiger partial charge in [-0.15, -0.1) is 0 Å². The maximum Gasteiger partial charge on any atom is 0.240 e. The molecular weight excluding hydrogens is 356 g/mol. The van der Waals surface area contributed by atoms with Crippen LogP contribution in [0.2, 0.25) is 0 Å². The van der Waals surface area contributed by atoms with Crippen molar-refractivity contribution in [2.24, 2.45) is 5.73 Å². The lowest BCUT2D eigenvalue weighted by Gasteiger charge is -2.25. The molecule has 8 nitrogen and oxygen atoms in total. The van der Waals surface area contributed by atoms with E-state index in [1.54, 1.807) is 24.6 Å². The maximum atomic E-state index is 11.8. The SMILES string of the molecule is CC(C)(O)c1ccc(Nc2cc(N3CCC[C@H]3C(N)=O)n3nccc3n2)cc1. The van der Waals surface area contributed by atoms with E-state index in [1.165, 1.54) is 0 Å². The van der Waals surface area contributed by atoms with Crippen LogP contribution in [0, 0.1) is 0 Å². The van der Waals surface area contributed by atoms with Crippen LogP contribution in [0.5, 0.6) is 0 Å². The third-order valence-electron chi connectivity index (χ3n) is 5.08. The Morgan fingerprint density at radius 3 is 2.71 bits per heavy atom. The lowest BCUT2D eigenvalue weighted by molar-refractivity contribution is -0.119. The summed E-state index contributed by atoms with van der Waals surface area (Å²) in [5.41, 5.74) is 7.07. The summed E-state index contributed by atoms with van der Waals surface area (Å²) in [6, 6.07) is 10.9. The molecule has 1 atom stereocenters. The minimum absolute atomic E-state index is 0.327. The third kappa shape index (κ3) is 3.38. The van der Waals surface area contributed by atoms with Gasteiger partial charge < -0.3 is 21.1 Å². The van der Waals surface area contributed by atoms with Gasteiger partial charge in [-0.3, -0.25) is 4.79 Å². The van der Waals surface area contributed by atoms with Gasteiger partial charge in [0, 0.05) is 24.4 Å². The van der Waals surface area contributed by atoms with Crippen LogP contribution in [-0.4, -0.2) is 38.2 Å². The molecule has 3 heterocycles. The molecular formula is C20H24N6O2. The minimum Gasteiger partial charge on any atom is -0.386 e. The van der Waals surface area contributed by atoms with Gasteiger partial charge in [0.25, 0.3) is 0 Å². The van der Waals surface area contributed by atoms with Gasteiger partial charge in [0.15, 0.2) is 5.65 Å². The number of nitrogens with one attached hydrogen (secondary N) is 1. The average Bonchev–Trinajstić information content (AvgIpc) is 3.30. The summed E-state index contributed by atoms with van der Waals surface area (Å²) in [7, 11) is 0. The number of aliphatic hydroxyl groups is 1. The number of fused-ring (bicyclic) bond motifs is 1. The summed E-state index contributed by atoms with van der Waals surface area (Å²) in [6.07, 6.45) is 3.32. The number of carbonyl (C=O) groups excluding carboxylic acids is 1. The number of carbonyl (C=O) groups is 1. The number of nitrogens with two attached hydrogens (primary N) is 1. The topological polar surface area (TPSA) is 109 Å². The second-order valence-electron chi connectivity index (χ2n) is 7.62. The standard InChI is InChI=1S/C20H24N6O2/c1-20(2,28)13-5-7-14(8-6-13)23-16-12-18(26-17(24-16)9-10-22-26)25-11-3-4-15(25)19(21)27/h5-10,12,15,28H,3-4,11H2,1-2H3,(H2,21,27)(H,23,24)/t15-/m0/s1.